The van der Waals surface area contributed by atoms with E-state index in [4.69, 9.17) is 5.53 Å². The van der Waals surface area contributed by atoms with E-state index in [2.05, 4.69) is 33.1 Å². The molecule has 0 saturated heterocycles. The number of nitrogens with zero attached hydrogens (tertiary/aromatic N) is 4. The molecule has 4 heteroatoms. The minimum Gasteiger partial charge on any atom is -0.371 e. The molecule has 0 fully saturated rings. The molecule has 0 bridgehead atoms. The SMILES string of the molecule is [N-]=[N+]=NCCN1CCc2ccccc21. The molecule has 4 nitrogen and oxygen atoms in total. The quantitative estimate of drug-likeness (QED) is 0.408. The molecule has 14 heavy (non-hydrogen) atoms. The van der Waals surface area contributed by atoms with Crippen LogP contribution in [0.15, 0.2) is 29.4 Å². The molecule has 0 N–H and O–H groups in total. The summed E-state index contributed by atoms with van der Waals surface area (Å²) in [5.41, 5.74) is 10.9. The van der Waals surface area contributed by atoms with Crippen LogP contribution in [-0.2, 0) is 6.42 Å². The second-order valence-electron chi connectivity index (χ2n) is 3.32. The molecule has 0 aliphatic carbocycles. The smallest absolute Gasteiger partial charge is 0.0434 e. The van der Waals surface area contributed by atoms with Crippen molar-refractivity contribution in [1.29, 1.82) is 0 Å². The first-order valence-electron chi connectivity index (χ1n) is 4.75. The summed E-state index contributed by atoms with van der Waals surface area (Å²) in [6.45, 7) is 2.41. The van der Waals surface area contributed by atoms with E-state index in [1.807, 2.05) is 6.07 Å². The van der Waals surface area contributed by atoms with Crippen LogP contribution in [0, 0.1) is 0 Å². The van der Waals surface area contributed by atoms with Crippen LogP contribution in [0.25, 0.3) is 10.4 Å². The van der Waals surface area contributed by atoms with E-state index in [9.17, 15) is 0 Å². The van der Waals surface area contributed by atoms with Crippen molar-refractivity contribution in [3.05, 3.63) is 40.3 Å². The largest absolute Gasteiger partial charge is 0.371 e. The van der Waals surface area contributed by atoms with Gasteiger partial charge in [0.2, 0.25) is 0 Å². The molecule has 0 atom stereocenters. The van der Waals surface area contributed by atoms with Gasteiger partial charge in [0, 0.05) is 30.2 Å². The van der Waals surface area contributed by atoms with Crippen LogP contribution in [0.1, 0.15) is 5.56 Å². The summed E-state index contributed by atoms with van der Waals surface area (Å²) in [7, 11) is 0. The summed E-state index contributed by atoms with van der Waals surface area (Å²) >= 11 is 0. The summed E-state index contributed by atoms with van der Waals surface area (Å²) in [6, 6.07) is 8.39. The monoisotopic (exact) mass is 188 g/mol. The molecule has 1 aromatic carbocycles. The number of para-hydroxylation sites is 1. The fraction of sp³-hybridized carbons (Fsp3) is 0.400. The van der Waals surface area contributed by atoms with Crippen molar-refractivity contribution in [2.75, 3.05) is 24.5 Å². The fourth-order valence-corrected chi connectivity index (χ4v) is 1.85. The van der Waals surface area contributed by atoms with Gasteiger partial charge in [0.05, 0.1) is 0 Å². The Kier molecular flexibility index (Phi) is 2.56. The van der Waals surface area contributed by atoms with Gasteiger partial charge in [-0.25, -0.2) is 0 Å². The zero-order valence-corrected chi connectivity index (χ0v) is 7.93. The second kappa shape index (κ2) is 4.03. The molecule has 0 spiro atoms. The van der Waals surface area contributed by atoms with Crippen molar-refractivity contribution in [1.82, 2.24) is 0 Å². The lowest BCUT2D eigenvalue weighted by Crippen LogP contribution is -2.23. The standard InChI is InChI=1S/C10H12N4/c11-13-12-6-8-14-7-5-9-3-1-2-4-10(9)14/h1-4H,5-8H2. The van der Waals surface area contributed by atoms with Crippen molar-refractivity contribution in [2.45, 2.75) is 6.42 Å². The zero-order valence-electron chi connectivity index (χ0n) is 7.93. The van der Waals surface area contributed by atoms with Gasteiger partial charge in [-0.05, 0) is 23.6 Å². The lowest BCUT2D eigenvalue weighted by Gasteiger charge is -2.17. The van der Waals surface area contributed by atoms with Crippen LogP contribution >= 0.6 is 0 Å². The van der Waals surface area contributed by atoms with Crippen LogP contribution in [0.4, 0.5) is 5.69 Å². The van der Waals surface area contributed by atoms with E-state index >= 15 is 0 Å². The molecular weight excluding hydrogens is 176 g/mol. The number of rotatable bonds is 3. The van der Waals surface area contributed by atoms with Crippen molar-refractivity contribution in [2.24, 2.45) is 5.11 Å². The molecule has 72 valence electrons. The fourth-order valence-electron chi connectivity index (χ4n) is 1.85. The maximum Gasteiger partial charge on any atom is 0.0434 e. The van der Waals surface area contributed by atoms with E-state index in [1.54, 1.807) is 0 Å². The summed E-state index contributed by atoms with van der Waals surface area (Å²) in [4.78, 5) is 5.02. The lowest BCUT2D eigenvalue weighted by atomic mass is 10.2. The Labute approximate surface area is 82.8 Å². The topological polar surface area (TPSA) is 52.0 Å². The Balaban J connectivity index is 2.06. The number of anilines is 1. The van der Waals surface area contributed by atoms with Crippen molar-refractivity contribution >= 4 is 5.69 Å². The van der Waals surface area contributed by atoms with Crippen molar-refractivity contribution < 1.29 is 0 Å². The third kappa shape index (κ3) is 1.65. The second-order valence-corrected chi connectivity index (χ2v) is 3.32. The molecule has 1 aliphatic heterocycles. The average Bonchev–Trinajstić information content (AvgIpc) is 2.63. The molecule has 1 heterocycles. The molecule has 0 amide bonds. The van der Waals surface area contributed by atoms with Crippen LogP contribution in [-0.4, -0.2) is 19.6 Å². The van der Waals surface area contributed by atoms with Crippen molar-refractivity contribution in [3.63, 3.8) is 0 Å². The highest BCUT2D eigenvalue weighted by Gasteiger charge is 2.16. The van der Waals surface area contributed by atoms with Gasteiger partial charge in [-0.2, -0.15) is 0 Å². The van der Waals surface area contributed by atoms with Gasteiger partial charge < -0.3 is 4.90 Å². The molecule has 2 rings (SSSR count). The Morgan fingerprint density at radius 2 is 2.29 bits per heavy atom. The van der Waals surface area contributed by atoms with Gasteiger partial charge in [-0.1, -0.05) is 23.3 Å². The van der Waals surface area contributed by atoms with E-state index in [0.29, 0.717) is 6.54 Å². The Bertz CT molecular complexity index is 368. The highest BCUT2D eigenvalue weighted by Crippen LogP contribution is 2.26. The Morgan fingerprint density at radius 1 is 1.43 bits per heavy atom. The number of hydrogen-bond acceptors (Lipinski definition) is 2. The molecule has 0 radical (unpaired) electrons. The van der Waals surface area contributed by atoms with Gasteiger partial charge in [-0.3, -0.25) is 0 Å². The third-order valence-electron chi connectivity index (χ3n) is 2.52. The average molecular weight is 188 g/mol. The zero-order chi connectivity index (χ0) is 9.80. The molecule has 1 aliphatic rings. The number of azide groups is 1. The van der Waals surface area contributed by atoms with Crippen LogP contribution in [0.3, 0.4) is 0 Å². The Hall–Kier alpha value is -1.67. The molecular formula is C10H12N4. The van der Waals surface area contributed by atoms with Gasteiger partial charge in [0.25, 0.3) is 0 Å². The number of benzene rings is 1. The predicted octanol–water partition coefficient (Wildman–Crippen LogP) is 2.36. The van der Waals surface area contributed by atoms with Crippen LogP contribution in [0.2, 0.25) is 0 Å². The van der Waals surface area contributed by atoms with Gasteiger partial charge in [0.15, 0.2) is 0 Å². The van der Waals surface area contributed by atoms with Crippen LogP contribution < -0.4 is 4.90 Å². The summed E-state index contributed by atoms with van der Waals surface area (Å²) in [6.07, 6.45) is 1.10. The summed E-state index contributed by atoms with van der Waals surface area (Å²) in [5.74, 6) is 0. The van der Waals surface area contributed by atoms with Gasteiger partial charge in [0.1, 0.15) is 0 Å². The molecule has 0 unspecified atom stereocenters. The first-order valence-corrected chi connectivity index (χ1v) is 4.75. The molecule has 0 aromatic heterocycles. The summed E-state index contributed by atoms with van der Waals surface area (Å²) < 4.78 is 0. The maximum absolute atomic E-state index is 8.18. The Morgan fingerprint density at radius 3 is 3.14 bits per heavy atom. The highest BCUT2D eigenvalue weighted by atomic mass is 15.2. The van der Waals surface area contributed by atoms with E-state index < -0.39 is 0 Å². The van der Waals surface area contributed by atoms with E-state index in [1.165, 1.54) is 11.3 Å². The third-order valence-corrected chi connectivity index (χ3v) is 2.52. The first-order chi connectivity index (χ1) is 6.92. The van der Waals surface area contributed by atoms with E-state index in [-0.39, 0.29) is 0 Å². The summed E-state index contributed by atoms with van der Waals surface area (Å²) in [5, 5.41) is 3.55. The van der Waals surface area contributed by atoms with Crippen molar-refractivity contribution in [3.8, 4) is 0 Å². The molecule has 0 saturated carbocycles. The minimum absolute atomic E-state index is 0.546. The van der Waals surface area contributed by atoms with Gasteiger partial charge >= 0.3 is 0 Å². The normalized spacial score (nSPS) is 13.6. The lowest BCUT2D eigenvalue weighted by molar-refractivity contribution is 0.818. The first kappa shape index (κ1) is 8.91. The van der Waals surface area contributed by atoms with E-state index in [0.717, 1.165) is 19.5 Å². The predicted molar refractivity (Wildman–Crippen MR) is 56.4 cm³/mol. The van der Waals surface area contributed by atoms with Crippen LogP contribution in [0.5, 0.6) is 0 Å². The highest BCUT2D eigenvalue weighted by molar-refractivity contribution is 5.57. The minimum atomic E-state index is 0.546. The number of fused-ring (bicyclic) bond motifs is 1. The van der Waals surface area contributed by atoms with Gasteiger partial charge in [-0.15, -0.1) is 0 Å². The maximum atomic E-state index is 8.18. The molecule has 1 aromatic rings. The number of hydrogen-bond donors (Lipinski definition) is 0.